The van der Waals surface area contributed by atoms with E-state index < -0.39 is 0 Å². The maximum atomic E-state index is 5.35. The van der Waals surface area contributed by atoms with Gasteiger partial charge < -0.3 is 0 Å². The highest BCUT2D eigenvalue weighted by Gasteiger charge is 2.26. The maximum Gasteiger partial charge on any atom is 0.235 e. The molecule has 12 heteroatoms. The van der Waals surface area contributed by atoms with E-state index in [1.54, 1.807) is 0 Å². The summed E-state index contributed by atoms with van der Waals surface area (Å²) in [5.41, 5.74) is 25.1. The minimum absolute atomic E-state index is 0.665. The largest absolute Gasteiger partial charge is 0.278 e. The molecule has 0 saturated carbocycles. The summed E-state index contributed by atoms with van der Waals surface area (Å²) in [5.74, 6) is 2.01. The number of para-hydroxylation sites is 6. The SMILES string of the molecule is c1ccc(-c2ccc(-c3ccc4ccc5c(c4c3)c3ccccc3n5-c3nc(-c4ccccc4)c4ccccc4n3)s2)cc1.c1ccc(-c2ccc(-c3nc(-n4c5ccccc5c5c6cc(-c7ccc(-c8ccccc8)s7)ccc6ccc54)nc4ccccc34)cc2)cc1.c1ccc(-c2nc(-n3c4ccccc4c4c5ccccc5c(-c5ccc6sc7ccccc7c6c5)cc43)nc3ccccc23)cc1. The van der Waals surface area contributed by atoms with Crippen molar-refractivity contribution in [3.8, 4) is 116 Å². The first-order chi connectivity index (χ1) is 69.4. The van der Waals surface area contributed by atoms with E-state index in [9.17, 15) is 0 Å². The Labute approximate surface area is 816 Å². The third kappa shape index (κ3) is 14.2. The summed E-state index contributed by atoms with van der Waals surface area (Å²) in [6.45, 7) is 0. The lowest BCUT2D eigenvalue weighted by atomic mass is 9.94. The van der Waals surface area contributed by atoms with E-state index in [2.05, 4.69) is 469 Å². The number of nitrogens with zero attached hydrogens (tertiary/aromatic N) is 9. The number of fused-ring (bicyclic) bond motifs is 21. The second kappa shape index (κ2) is 34.2. The van der Waals surface area contributed by atoms with Gasteiger partial charge in [0.05, 0.1) is 66.7 Å². The summed E-state index contributed by atoms with van der Waals surface area (Å²) in [7, 11) is 0. The average molecular weight is 1840 g/mol. The van der Waals surface area contributed by atoms with Gasteiger partial charge in [-0.3, -0.25) is 13.7 Å². The molecule has 0 N–H and O–H groups in total. The van der Waals surface area contributed by atoms with Crippen molar-refractivity contribution in [1.29, 1.82) is 0 Å². The van der Waals surface area contributed by atoms with Crippen LogP contribution in [-0.2, 0) is 0 Å². The van der Waals surface area contributed by atoms with Gasteiger partial charge in [0.25, 0.3) is 0 Å². The van der Waals surface area contributed by atoms with Crippen LogP contribution >= 0.6 is 34.0 Å². The summed E-state index contributed by atoms with van der Waals surface area (Å²) in [6.07, 6.45) is 0. The van der Waals surface area contributed by atoms with Crippen LogP contribution in [0, 0.1) is 0 Å². The topological polar surface area (TPSA) is 92.1 Å². The Bertz CT molecular complexity index is 9960. The Kier molecular flexibility index (Phi) is 20.0. The fourth-order valence-electron chi connectivity index (χ4n) is 20.8. The van der Waals surface area contributed by atoms with Crippen LogP contribution in [0.3, 0.4) is 0 Å². The first kappa shape index (κ1) is 81.7. The molecule has 9 nitrogen and oxygen atoms in total. The molecule has 0 fully saturated rings. The van der Waals surface area contributed by atoms with Crippen molar-refractivity contribution in [3.05, 3.63) is 479 Å². The fourth-order valence-corrected chi connectivity index (χ4v) is 23.9. The van der Waals surface area contributed by atoms with Gasteiger partial charge in [-0.1, -0.05) is 370 Å². The molecule has 29 aromatic rings. The highest BCUT2D eigenvalue weighted by atomic mass is 32.1. The molecule has 0 radical (unpaired) electrons. The molecule has 0 unspecified atom stereocenters. The van der Waals surface area contributed by atoms with Crippen molar-refractivity contribution >= 4 is 185 Å². The zero-order chi connectivity index (χ0) is 92.2. The van der Waals surface area contributed by atoms with Crippen LogP contribution < -0.4 is 0 Å². The predicted molar refractivity (Wildman–Crippen MR) is 592 cm³/mol. The van der Waals surface area contributed by atoms with E-state index in [4.69, 9.17) is 29.9 Å². The number of rotatable bonds is 12. The van der Waals surface area contributed by atoms with Crippen LogP contribution in [0.4, 0.5) is 0 Å². The van der Waals surface area contributed by atoms with Crippen LogP contribution in [0.2, 0.25) is 0 Å². The third-order valence-electron chi connectivity index (χ3n) is 27.3. The van der Waals surface area contributed by atoms with E-state index in [-0.39, 0.29) is 0 Å². The van der Waals surface area contributed by atoms with Gasteiger partial charge in [0.1, 0.15) is 0 Å². The highest BCUT2D eigenvalue weighted by Crippen LogP contribution is 2.48. The third-order valence-corrected chi connectivity index (χ3v) is 30.8. The average Bonchev–Trinajstić information content (AvgIpc) is 1.57. The summed E-state index contributed by atoms with van der Waals surface area (Å²) < 4.78 is 9.36. The lowest BCUT2D eigenvalue weighted by Crippen LogP contribution is -2.03. The second-order valence-corrected chi connectivity index (χ2v) is 38.7. The first-order valence-corrected chi connectivity index (χ1v) is 49.5. The van der Waals surface area contributed by atoms with Gasteiger partial charge >= 0.3 is 0 Å². The summed E-state index contributed by atoms with van der Waals surface area (Å²) >= 11 is 5.52. The Morgan fingerprint density at radius 3 is 0.907 bits per heavy atom. The highest BCUT2D eigenvalue weighted by molar-refractivity contribution is 7.25. The van der Waals surface area contributed by atoms with Crippen molar-refractivity contribution in [3.63, 3.8) is 0 Å². The molecule has 9 aromatic heterocycles. The smallest absolute Gasteiger partial charge is 0.235 e. The molecule has 140 heavy (non-hydrogen) atoms. The summed E-state index contributed by atoms with van der Waals surface area (Å²) in [4.78, 5) is 36.5. The Morgan fingerprint density at radius 1 is 0.157 bits per heavy atom. The van der Waals surface area contributed by atoms with Gasteiger partial charge in [0, 0.05) is 105 Å². The molecule has 29 rings (SSSR count). The van der Waals surface area contributed by atoms with Crippen molar-refractivity contribution < 1.29 is 0 Å². The van der Waals surface area contributed by atoms with Crippen molar-refractivity contribution in [2.45, 2.75) is 0 Å². The Morgan fingerprint density at radius 2 is 0.457 bits per heavy atom. The maximum absolute atomic E-state index is 5.35. The number of aromatic nitrogens is 9. The normalized spacial score (nSPS) is 11.7. The molecule has 0 aliphatic rings. The van der Waals surface area contributed by atoms with Crippen molar-refractivity contribution in [2.75, 3.05) is 0 Å². The minimum atomic E-state index is 0.665. The van der Waals surface area contributed by atoms with E-state index in [0.717, 1.165) is 99.6 Å². The molecule has 9 heterocycles. The van der Waals surface area contributed by atoms with E-state index >= 15 is 0 Å². The number of benzene rings is 20. The Hall–Kier alpha value is -17.8. The number of hydrogen-bond acceptors (Lipinski definition) is 9. The van der Waals surface area contributed by atoms with Gasteiger partial charge in [-0.15, -0.1) is 34.0 Å². The fraction of sp³-hybridized carbons (Fsp3) is 0. The van der Waals surface area contributed by atoms with Crippen molar-refractivity contribution in [2.24, 2.45) is 0 Å². The summed E-state index contributed by atoms with van der Waals surface area (Å²) in [6, 6.07) is 170. The summed E-state index contributed by atoms with van der Waals surface area (Å²) in [5, 5.41) is 20.3. The van der Waals surface area contributed by atoms with Crippen LogP contribution in [0.25, 0.3) is 266 Å². The van der Waals surface area contributed by atoms with Crippen molar-refractivity contribution in [1.82, 2.24) is 43.6 Å². The zero-order valence-electron chi connectivity index (χ0n) is 75.4. The molecular weight excluding hydrogens is 1760 g/mol. The van der Waals surface area contributed by atoms with Crippen LogP contribution in [0.1, 0.15) is 0 Å². The monoisotopic (exact) mass is 1840 g/mol. The standard InChI is InChI=1S/C46H29N3S.C42H25N3S.C40H25N3S/c1-3-11-30(12-4-1)31-19-22-34(23-20-31)45-36-15-7-9-17-39(36)47-46(48-45)49-40-18-10-8-16-37(40)44-38-29-35(24-21-32(38)25-26-41(44)49)43-28-27-42(50-43)33-13-5-2-6-14-33;1-2-12-26(13-3-1)41-31-17-6-9-19-35(31)43-42(44-41)45-36-20-10-7-18-32(36)40-30-16-5-4-14-28(30)33(25-37(40)45)27-22-23-39-34(24-27)29-15-8-11-21-38(29)46-39;1-3-11-27(12-4-1)36-23-24-37(44-36)29-20-19-26-21-22-35-38(32(26)25-29)31-16-8-10-18-34(31)43(35)40-41-33-17-9-7-15-30(33)39(42-40)28-13-5-2-6-14-28/h1-29H;1-25H;1-25H. The lowest BCUT2D eigenvalue weighted by molar-refractivity contribution is 1.01. The first-order valence-electron chi connectivity index (χ1n) is 47.1. The molecule has 0 spiro atoms. The van der Waals surface area contributed by atoms with Gasteiger partial charge in [-0.05, 0) is 186 Å². The molecule has 0 aliphatic carbocycles. The number of hydrogen-bond donors (Lipinski definition) is 0. The molecule has 20 aromatic carbocycles. The molecule has 0 atom stereocenters. The van der Waals surface area contributed by atoms with Gasteiger partial charge in [-0.2, -0.15) is 0 Å². The molecule has 654 valence electrons. The molecular formula is C128H79N9S3. The predicted octanol–water partition coefficient (Wildman–Crippen LogP) is 35.1. The van der Waals surface area contributed by atoms with Gasteiger partial charge in [0.15, 0.2) is 0 Å². The minimum Gasteiger partial charge on any atom is -0.278 e. The zero-order valence-corrected chi connectivity index (χ0v) is 77.8. The molecule has 0 saturated heterocycles. The molecule has 0 aliphatic heterocycles. The molecule has 0 bridgehead atoms. The van der Waals surface area contributed by atoms with E-state index in [1.807, 2.05) is 58.3 Å². The Balaban J connectivity index is 0.000000106. The van der Waals surface area contributed by atoms with Gasteiger partial charge in [0.2, 0.25) is 17.8 Å². The van der Waals surface area contributed by atoms with Gasteiger partial charge in [-0.25, -0.2) is 29.9 Å². The molecule has 0 amide bonds. The van der Waals surface area contributed by atoms with Crippen LogP contribution in [0.15, 0.2) is 479 Å². The van der Waals surface area contributed by atoms with Crippen LogP contribution in [-0.4, -0.2) is 43.6 Å². The number of thiophene rings is 3. The quantitative estimate of drug-likeness (QED) is 0.121. The van der Waals surface area contributed by atoms with E-state index in [0.29, 0.717) is 17.8 Å². The van der Waals surface area contributed by atoms with Crippen LogP contribution in [0.5, 0.6) is 0 Å². The second-order valence-electron chi connectivity index (χ2n) is 35.4. The lowest BCUT2D eigenvalue weighted by Gasteiger charge is -2.13. The van der Waals surface area contributed by atoms with E-state index in [1.165, 1.54) is 149 Å².